The minimum atomic E-state index is -0.398. The summed E-state index contributed by atoms with van der Waals surface area (Å²) in [4.78, 5) is 22.6. The summed E-state index contributed by atoms with van der Waals surface area (Å²) in [6, 6.07) is 7.74. The fraction of sp³-hybridized carbons (Fsp3) is 0.385. The predicted molar refractivity (Wildman–Crippen MR) is 58.8 cm³/mol. The van der Waals surface area contributed by atoms with Crippen molar-refractivity contribution in [3.63, 3.8) is 0 Å². The van der Waals surface area contributed by atoms with Crippen LogP contribution < -0.4 is 0 Å². The third kappa shape index (κ3) is 1.98. The van der Waals surface area contributed by atoms with Crippen LogP contribution in [-0.4, -0.2) is 11.8 Å². The molecule has 0 aromatic heterocycles. The standard InChI is InChI=1S/C13H14O3/c1-8-3-5-10(6-4-8)13-11(9(2)14)7-12(15)16-13/h3-6,11,13H,7H2,1-2H3/t11-,13-/m1/s1. The van der Waals surface area contributed by atoms with E-state index in [1.807, 2.05) is 31.2 Å². The summed E-state index contributed by atoms with van der Waals surface area (Å²) in [5.74, 6) is -0.600. The van der Waals surface area contributed by atoms with Crippen molar-refractivity contribution < 1.29 is 14.3 Å². The smallest absolute Gasteiger partial charge is 0.307 e. The lowest BCUT2D eigenvalue weighted by atomic mass is 9.92. The van der Waals surface area contributed by atoms with Crippen LogP contribution in [0.25, 0.3) is 0 Å². The molecule has 2 rings (SSSR count). The van der Waals surface area contributed by atoms with Crippen molar-refractivity contribution in [2.24, 2.45) is 5.92 Å². The van der Waals surface area contributed by atoms with Crippen molar-refractivity contribution in [2.45, 2.75) is 26.4 Å². The van der Waals surface area contributed by atoms with Crippen molar-refractivity contribution >= 4 is 11.8 Å². The average Bonchev–Trinajstić information content (AvgIpc) is 2.61. The molecule has 0 spiro atoms. The van der Waals surface area contributed by atoms with Crippen molar-refractivity contribution in [2.75, 3.05) is 0 Å². The van der Waals surface area contributed by atoms with E-state index in [2.05, 4.69) is 0 Å². The van der Waals surface area contributed by atoms with Gasteiger partial charge in [0.05, 0.1) is 12.3 Å². The highest BCUT2D eigenvalue weighted by molar-refractivity contribution is 5.86. The van der Waals surface area contributed by atoms with E-state index in [1.54, 1.807) is 0 Å². The molecule has 1 aliphatic heterocycles. The normalized spacial score (nSPS) is 24.2. The van der Waals surface area contributed by atoms with Crippen molar-refractivity contribution in [3.05, 3.63) is 35.4 Å². The Hall–Kier alpha value is -1.64. The summed E-state index contributed by atoms with van der Waals surface area (Å²) in [6.45, 7) is 3.50. The molecular formula is C13H14O3. The summed E-state index contributed by atoms with van der Waals surface area (Å²) < 4.78 is 5.20. The van der Waals surface area contributed by atoms with Crippen LogP contribution in [0.2, 0.25) is 0 Å². The zero-order valence-electron chi connectivity index (χ0n) is 9.40. The number of hydrogen-bond donors (Lipinski definition) is 0. The summed E-state index contributed by atoms with van der Waals surface area (Å²) in [5.41, 5.74) is 2.05. The molecule has 1 fully saturated rings. The van der Waals surface area contributed by atoms with E-state index < -0.39 is 6.10 Å². The van der Waals surface area contributed by atoms with Gasteiger partial charge in [0.2, 0.25) is 0 Å². The highest BCUT2D eigenvalue weighted by Gasteiger charge is 2.38. The van der Waals surface area contributed by atoms with Gasteiger partial charge in [-0.3, -0.25) is 9.59 Å². The Kier molecular flexibility index (Phi) is 2.77. The van der Waals surface area contributed by atoms with E-state index in [0.29, 0.717) is 0 Å². The molecule has 0 saturated carbocycles. The maximum absolute atomic E-state index is 11.4. The first-order valence-corrected chi connectivity index (χ1v) is 5.34. The Morgan fingerprint density at radius 1 is 1.31 bits per heavy atom. The predicted octanol–water partition coefficient (Wildman–Crippen LogP) is 2.19. The number of cyclic esters (lactones) is 1. The second kappa shape index (κ2) is 4.08. The Bertz CT molecular complexity index is 419. The minimum Gasteiger partial charge on any atom is -0.457 e. The first-order valence-electron chi connectivity index (χ1n) is 5.34. The van der Waals surface area contributed by atoms with Crippen LogP contribution in [0.15, 0.2) is 24.3 Å². The zero-order valence-corrected chi connectivity index (χ0v) is 9.40. The summed E-state index contributed by atoms with van der Waals surface area (Å²) in [5, 5.41) is 0. The van der Waals surface area contributed by atoms with Gasteiger partial charge in [0.25, 0.3) is 0 Å². The summed E-state index contributed by atoms with van der Waals surface area (Å²) in [6.07, 6.45) is -0.195. The van der Waals surface area contributed by atoms with Crippen LogP contribution in [0, 0.1) is 12.8 Å². The van der Waals surface area contributed by atoms with E-state index in [9.17, 15) is 9.59 Å². The lowest BCUT2D eigenvalue weighted by molar-refractivity contribution is -0.141. The quantitative estimate of drug-likeness (QED) is 0.714. The van der Waals surface area contributed by atoms with Gasteiger partial charge in [0.1, 0.15) is 11.9 Å². The SMILES string of the molecule is CC(=O)[C@H]1CC(=O)O[C@@H]1c1ccc(C)cc1. The van der Waals surface area contributed by atoms with Crippen molar-refractivity contribution in [1.29, 1.82) is 0 Å². The molecule has 0 unspecified atom stereocenters. The number of Topliss-reactive ketones (excluding diaryl/α,β-unsaturated/α-hetero) is 1. The highest BCUT2D eigenvalue weighted by atomic mass is 16.6. The van der Waals surface area contributed by atoms with Crippen LogP contribution in [0.3, 0.4) is 0 Å². The first-order chi connectivity index (χ1) is 7.58. The third-order valence-electron chi connectivity index (χ3n) is 2.94. The number of ether oxygens (including phenoxy) is 1. The van der Waals surface area contributed by atoms with Gasteiger partial charge in [-0.2, -0.15) is 0 Å². The van der Waals surface area contributed by atoms with Gasteiger partial charge in [-0.05, 0) is 19.4 Å². The molecule has 0 bridgehead atoms. The lowest BCUT2D eigenvalue weighted by Gasteiger charge is -2.15. The van der Waals surface area contributed by atoms with Gasteiger partial charge in [-0.25, -0.2) is 0 Å². The molecular weight excluding hydrogens is 204 g/mol. The molecule has 16 heavy (non-hydrogen) atoms. The summed E-state index contributed by atoms with van der Waals surface area (Å²) >= 11 is 0. The maximum atomic E-state index is 11.4. The summed E-state index contributed by atoms with van der Waals surface area (Å²) in [7, 11) is 0. The van der Waals surface area contributed by atoms with Crippen LogP contribution in [0.4, 0.5) is 0 Å². The zero-order chi connectivity index (χ0) is 11.7. The molecule has 3 nitrogen and oxygen atoms in total. The number of rotatable bonds is 2. The second-order valence-electron chi connectivity index (χ2n) is 4.24. The first kappa shape index (κ1) is 10.9. The maximum Gasteiger partial charge on any atom is 0.307 e. The fourth-order valence-electron chi connectivity index (χ4n) is 1.97. The number of esters is 1. The van der Waals surface area contributed by atoms with Gasteiger partial charge in [-0.1, -0.05) is 29.8 Å². The van der Waals surface area contributed by atoms with Crippen LogP contribution in [-0.2, 0) is 14.3 Å². The molecule has 1 saturated heterocycles. The van der Waals surface area contributed by atoms with Crippen LogP contribution in [0.1, 0.15) is 30.6 Å². The Labute approximate surface area is 94.4 Å². The molecule has 0 amide bonds. The molecule has 1 heterocycles. The van der Waals surface area contributed by atoms with E-state index in [0.717, 1.165) is 11.1 Å². The second-order valence-corrected chi connectivity index (χ2v) is 4.24. The van der Waals surface area contributed by atoms with E-state index in [-0.39, 0.29) is 24.1 Å². The Morgan fingerprint density at radius 2 is 1.94 bits per heavy atom. The number of benzene rings is 1. The number of carbonyl (C=O) groups excluding carboxylic acids is 2. The van der Waals surface area contributed by atoms with Gasteiger partial charge in [-0.15, -0.1) is 0 Å². The molecule has 1 aromatic rings. The average molecular weight is 218 g/mol. The Balaban J connectivity index is 2.28. The fourth-order valence-corrected chi connectivity index (χ4v) is 1.97. The molecule has 0 N–H and O–H groups in total. The Morgan fingerprint density at radius 3 is 2.50 bits per heavy atom. The van der Waals surface area contributed by atoms with Gasteiger partial charge < -0.3 is 4.74 Å². The molecule has 0 aliphatic carbocycles. The topological polar surface area (TPSA) is 43.4 Å². The number of carbonyl (C=O) groups is 2. The van der Waals surface area contributed by atoms with E-state index in [4.69, 9.17) is 4.74 Å². The number of hydrogen-bond acceptors (Lipinski definition) is 3. The number of aryl methyl sites for hydroxylation is 1. The molecule has 1 aliphatic rings. The lowest BCUT2D eigenvalue weighted by Crippen LogP contribution is -2.15. The van der Waals surface area contributed by atoms with Gasteiger partial charge in [0.15, 0.2) is 0 Å². The van der Waals surface area contributed by atoms with Crippen molar-refractivity contribution in [1.82, 2.24) is 0 Å². The van der Waals surface area contributed by atoms with E-state index >= 15 is 0 Å². The molecule has 2 atom stereocenters. The number of ketones is 1. The molecule has 84 valence electrons. The molecule has 1 aromatic carbocycles. The van der Waals surface area contributed by atoms with E-state index in [1.165, 1.54) is 6.92 Å². The molecule has 0 radical (unpaired) electrons. The highest BCUT2D eigenvalue weighted by Crippen LogP contribution is 2.35. The van der Waals surface area contributed by atoms with Gasteiger partial charge >= 0.3 is 5.97 Å². The van der Waals surface area contributed by atoms with Crippen LogP contribution in [0.5, 0.6) is 0 Å². The van der Waals surface area contributed by atoms with Crippen molar-refractivity contribution in [3.8, 4) is 0 Å². The monoisotopic (exact) mass is 218 g/mol. The third-order valence-corrected chi connectivity index (χ3v) is 2.94. The van der Waals surface area contributed by atoms with Gasteiger partial charge in [0, 0.05) is 0 Å². The largest absolute Gasteiger partial charge is 0.457 e. The minimum absolute atomic E-state index is 0.0106. The molecule has 3 heteroatoms. The van der Waals surface area contributed by atoms with Crippen LogP contribution >= 0.6 is 0 Å².